The number of carbonyl (C=O) groups excluding carboxylic acids is 1. The summed E-state index contributed by atoms with van der Waals surface area (Å²) < 4.78 is 0. The lowest BCUT2D eigenvalue weighted by atomic mass is 10.0. The maximum atomic E-state index is 11.9. The molecule has 2 N–H and O–H groups in total. The largest absolute Gasteiger partial charge is 0.343 e. The summed E-state index contributed by atoms with van der Waals surface area (Å²) >= 11 is 0. The summed E-state index contributed by atoms with van der Waals surface area (Å²) in [5, 5.41) is 0. The van der Waals surface area contributed by atoms with E-state index >= 15 is 0 Å². The van der Waals surface area contributed by atoms with Crippen molar-refractivity contribution in [3.8, 4) is 0 Å². The first-order valence-corrected chi connectivity index (χ1v) is 5.55. The summed E-state index contributed by atoms with van der Waals surface area (Å²) in [7, 11) is 1.90. The predicted octanol–water partition coefficient (Wildman–Crippen LogP) is 1.62. The third-order valence-electron chi connectivity index (χ3n) is 2.86. The lowest BCUT2D eigenvalue weighted by Gasteiger charge is -2.28. The third-order valence-corrected chi connectivity index (χ3v) is 2.86. The van der Waals surface area contributed by atoms with E-state index in [0.29, 0.717) is 12.6 Å². The van der Waals surface area contributed by atoms with Crippen molar-refractivity contribution in [3.63, 3.8) is 0 Å². The molecule has 0 aliphatic carbocycles. The van der Waals surface area contributed by atoms with Crippen molar-refractivity contribution in [2.75, 3.05) is 13.6 Å². The van der Waals surface area contributed by atoms with E-state index < -0.39 is 0 Å². The Hall–Kier alpha value is -0.570. The number of hydrogen-bond acceptors (Lipinski definition) is 2. The van der Waals surface area contributed by atoms with Gasteiger partial charge in [0.25, 0.3) is 0 Å². The van der Waals surface area contributed by atoms with E-state index in [0.717, 1.165) is 19.3 Å². The molecule has 0 heterocycles. The minimum absolute atomic E-state index is 0.0607. The van der Waals surface area contributed by atoms with Crippen molar-refractivity contribution in [1.29, 1.82) is 0 Å². The van der Waals surface area contributed by atoms with Gasteiger partial charge in [0, 0.05) is 19.0 Å². The molecule has 84 valence electrons. The molecule has 0 radical (unpaired) electrons. The highest BCUT2D eigenvalue weighted by Gasteiger charge is 2.21. The number of carbonyl (C=O) groups is 1. The summed E-state index contributed by atoms with van der Waals surface area (Å²) in [5.74, 6) is 0.287. The van der Waals surface area contributed by atoms with E-state index in [9.17, 15) is 4.79 Å². The van der Waals surface area contributed by atoms with Gasteiger partial charge in [-0.15, -0.1) is 0 Å². The second-order valence-corrected chi connectivity index (χ2v) is 3.90. The molecule has 0 saturated carbocycles. The average Bonchev–Trinajstić information content (AvgIpc) is 2.18. The first-order valence-electron chi connectivity index (χ1n) is 5.55. The molecule has 0 aromatic carbocycles. The van der Waals surface area contributed by atoms with E-state index in [-0.39, 0.29) is 11.8 Å². The van der Waals surface area contributed by atoms with Crippen molar-refractivity contribution in [2.45, 2.75) is 46.1 Å². The molecule has 0 aliphatic heterocycles. The molecule has 1 unspecified atom stereocenters. The standard InChI is InChI=1S/C11H24N2O/c1-5-10(6-2)13(4)11(14)9(3)7-8-12/h9-10H,5-8,12H2,1-4H3. The molecule has 3 heteroatoms. The fourth-order valence-corrected chi connectivity index (χ4v) is 1.74. The molecule has 0 saturated heterocycles. The second-order valence-electron chi connectivity index (χ2n) is 3.90. The van der Waals surface area contributed by atoms with Gasteiger partial charge >= 0.3 is 0 Å². The average molecular weight is 200 g/mol. The zero-order valence-electron chi connectivity index (χ0n) is 9.92. The van der Waals surface area contributed by atoms with Crippen LogP contribution in [0, 0.1) is 5.92 Å². The normalized spacial score (nSPS) is 13.0. The molecule has 1 atom stereocenters. The van der Waals surface area contributed by atoms with E-state index in [1.54, 1.807) is 0 Å². The SMILES string of the molecule is CCC(CC)N(C)C(=O)C(C)CCN. The summed E-state index contributed by atoms with van der Waals surface area (Å²) in [5.41, 5.74) is 5.44. The lowest BCUT2D eigenvalue weighted by Crippen LogP contribution is -2.39. The Morgan fingerprint density at radius 2 is 1.86 bits per heavy atom. The summed E-state index contributed by atoms with van der Waals surface area (Å²) in [6, 6.07) is 0.378. The van der Waals surface area contributed by atoms with Crippen LogP contribution in [-0.4, -0.2) is 30.4 Å². The molecule has 1 amide bonds. The van der Waals surface area contributed by atoms with Crippen LogP contribution in [0.15, 0.2) is 0 Å². The molecule has 0 aromatic heterocycles. The van der Waals surface area contributed by atoms with Gasteiger partial charge < -0.3 is 10.6 Å². The highest BCUT2D eigenvalue weighted by Crippen LogP contribution is 2.12. The van der Waals surface area contributed by atoms with E-state index in [1.807, 2.05) is 18.9 Å². The quantitative estimate of drug-likeness (QED) is 0.708. The minimum Gasteiger partial charge on any atom is -0.343 e. The Kier molecular flexibility index (Phi) is 6.54. The molecule has 0 aliphatic rings. The number of nitrogens with zero attached hydrogens (tertiary/aromatic N) is 1. The van der Waals surface area contributed by atoms with Crippen molar-refractivity contribution in [3.05, 3.63) is 0 Å². The molecule has 3 nitrogen and oxygen atoms in total. The summed E-state index contributed by atoms with van der Waals surface area (Å²) in [4.78, 5) is 13.7. The maximum absolute atomic E-state index is 11.9. The van der Waals surface area contributed by atoms with Crippen LogP contribution in [0.4, 0.5) is 0 Å². The zero-order valence-corrected chi connectivity index (χ0v) is 9.92. The van der Waals surface area contributed by atoms with Gasteiger partial charge in [-0.2, -0.15) is 0 Å². The van der Waals surface area contributed by atoms with Crippen LogP contribution < -0.4 is 5.73 Å². The highest BCUT2D eigenvalue weighted by molar-refractivity contribution is 5.78. The molecule has 0 rings (SSSR count). The molecule has 0 fully saturated rings. The molecular formula is C11H24N2O. The summed E-state index contributed by atoms with van der Waals surface area (Å²) in [6.45, 7) is 6.77. The zero-order chi connectivity index (χ0) is 11.1. The van der Waals surface area contributed by atoms with Crippen molar-refractivity contribution in [2.24, 2.45) is 11.7 Å². The van der Waals surface area contributed by atoms with Crippen LogP contribution in [0.25, 0.3) is 0 Å². The van der Waals surface area contributed by atoms with Gasteiger partial charge in [0.05, 0.1) is 0 Å². The predicted molar refractivity (Wildman–Crippen MR) is 60.0 cm³/mol. The number of amides is 1. The van der Waals surface area contributed by atoms with Gasteiger partial charge in [-0.05, 0) is 25.8 Å². The van der Waals surface area contributed by atoms with Crippen LogP contribution >= 0.6 is 0 Å². The van der Waals surface area contributed by atoms with Crippen LogP contribution in [0.1, 0.15) is 40.0 Å². The first kappa shape index (κ1) is 13.4. The van der Waals surface area contributed by atoms with Gasteiger partial charge in [0.15, 0.2) is 0 Å². The number of hydrogen-bond donors (Lipinski definition) is 1. The van der Waals surface area contributed by atoms with Gasteiger partial charge in [0.2, 0.25) is 5.91 Å². The number of rotatable bonds is 6. The van der Waals surface area contributed by atoms with E-state index in [2.05, 4.69) is 13.8 Å². The molecular weight excluding hydrogens is 176 g/mol. The number of nitrogens with two attached hydrogens (primary N) is 1. The first-order chi connectivity index (χ1) is 6.58. The minimum atomic E-state index is 0.0607. The lowest BCUT2D eigenvalue weighted by molar-refractivity contribution is -0.136. The summed E-state index contributed by atoms with van der Waals surface area (Å²) in [6.07, 6.45) is 2.82. The Morgan fingerprint density at radius 1 is 1.36 bits per heavy atom. The van der Waals surface area contributed by atoms with Gasteiger partial charge in [0.1, 0.15) is 0 Å². The monoisotopic (exact) mass is 200 g/mol. The smallest absolute Gasteiger partial charge is 0.225 e. The van der Waals surface area contributed by atoms with Crippen LogP contribution in [-0.2, 0) is 4.79 Å². The molecule has 0 bridgehead atoms. The Labute approximate surface area is 87.6 Å². The Bertz CT molecular complexity index is 167. The maximum Gasteiger partial charge on any atom is 0.225 e. The highest BCUT2D eigenvalue weighted by atomic mass is 16.2. The van der Waals surface area contributed by atoms with Crippen molar-refractivity contribution < 1.29 is 4.79 Å². The van der Waals surface area contributed by atoms with Crippen LogP contribution in [0.3, 0.4) is 0 Å². The molecule has 14 heavy (non-hydrogen) atoms. The van der Waals surface area contributed by atoms with Crippen molar-refractivity contribution >= 4 is 5.91 Å². The fourth-order valence-electron chi connectivity index (χ4n) is 1.74. The van der Waals surface area contributed by atoms with Crippen LogP contribution in [0.2, 0.25) is 0 Å². The Balaban J connectivity index is 4.21. The van der Waals surface area contributed by atoms with E-state index in [1.165, 1.54) is 0 Å². The Morgan fingerprint density at radius 3 is 2.21 bits per heavy atom. The van der Waals surface area contributed by atoms with Gasteiger partial charge in [-0.25, -0.2) is 0 Å². The third kappa shape index (κ3) is 3.66. The fraction of sp³-hybridized carbons (Fsp3) is 0.909. The topological polar surface area (TPSA) is 46.3 Å². The molecule has 0 spiro atoms. The van der Waals surface area contributed by atoms with E-state index in [4.69, 9.17) is 5.73 Å². The van der Waals surface area contributed by atoms with Gasteiger partial charge in [-0.3, -0.25) is 4.79 Å². The van der Waals surface area contributed by atoms with Crippen molar-refractivity contribution in [1.82, 2.24) is 4.90 Å². The van der Waals surface area contributed by atoms with Gasteiger partial charge in [-0.1, -0.05) is 20.8 Å². The van der Waals surface area contributed by atoms with Crippen LogP contribution in [0.5, 0.6) is 0 Å². The molecule has 0 aromatic rings. The second kappa shape index (κ2) is 6.82.